The number of halogens is 2. The minimum absolute atomic E-state index is 0.103. The van der Waals surface area contributed by atoms with Gasteiger partial charge in [-0.05, 0) is 41.4 Å². The van der Waals surface area contributed by atoms with Gasteiger partial charge in [0.2, 0.25) is 5.78 Å². The van der Waals surface area contributed by atoms with Crippen molar-refractivity contribution in [3.63, 3.8) is 0 Å². The summed E-state index contributed by atoms with van der Waals surface area (Å²) >= 11 is 11.3. The van der Waals surface area contributed by atoms with Gasteiger partial charge in [0.25, 0.3) is 0 Å². The molecule has 16 heavy (non-hydrogen) atoms. The van der Waals surface area contributed by atoms with Crippen LogP contribution >= 0.6 is 23.2 Å². The van der Waals surface area contributed by atoms with Gasteiger partial charge in [-0.1, -0.05) is 23.7 Å². The predicted molar refractivity (Wildman–Crippen MR) is 63.2 cm³/mol. The summed E-state index contributed by atoms with van der Waals surface area (Å²) in [5.74, 6) is 0.175. The standard InChI is InChI=1S/C12H8Cl2O2/c13-9-3-1-8(2-4-9)7-10(15)11-5-6-12(14)16-11/h1-6H,7H2. The Balaban J connectivity index is 2.10. The average Bonchev–Trinajstić information content (AvgIpc) is 2.68. The molecule has 0 N–H and O–H groups in total. The van der Waals surface area contributed by atoms with E-state index in [0.29, 0.717) is 5.02 Å². The number of carbonyl (C=O) groups is 1. The zero-order valence-electron chi connectivity index (χ0n) is 8.24. The van der Waals surface area contributed by atoms with E-state index in [2.05, 4.69) is 0 Å². The fraction of sp³-hybridized carbons (Fsp3) is 0.0833. The summed E-state index contributed by atoms with van der Waals surface area (Å²) in [4.78, 5) is 11.7. The van der Waals surface area contributed by atoms with Crippen molar-refractivity contribution in [3.8, 4) is 0 Å². The molecule has 0 amide bonds. The van der Waals surface area contributed by atoms with Crippen LogP contribution in [0, 0.1) is 0 Å². The molecule has 0 aliphatic rings. The van der Waals surface area contributed by atoms with Crippen molar-refractivity contribution >= 4 is 29.0 Å². The maximum absolute atomic E-state index is 11.7. The highest BCUT2D eigenvalue weighted by Crippen LogP contribution is 2.16. The van der Waals surface area contributed by atoms with E-state index in [1.165, 1.54) is 0 Å². The molecule has 0 atom stereocenters. The molecule has 0 radical (unpaired) electrons. The number of Topliss-reactive ketones (excluding diaryl/α,β-unsaturated/α-hetero) is 1. The summed E-state index contributed by atoms with van der Waals surface area (Å²) in [5.41, 5.74) is 0.891. The lowest BCUT2D eigenvalue weighted by Crippen LogP contribution is -2.01. The third-order valence-corrected chi connectivity index (χ3v) is 2.58. The Kier molecular flexibility index (Phi) is 3.32. The molecule has 1 heterocycles. The lowest BCUT2D eigenvalue weighted by Gasteiger charge is -1.98. The molecule has 0 bridgehead atoms. The van der Waals surface area contributed by atoms with Crippen molar-refractivity contribution in [2.24, 2.45) is 0 Å². The normalized spacial score (nSPS) is 10.4. The van der Waals surface area contributed by atoms with Crippen LogP contribution in [-0.2, 0) is 6.42 Å². The van der Waals surface area contributed by atoms with Crippen molar-refractivity contribution in [2.45, 2.75) is 6.42 Å². The van der Waals surface area contributed by atoms with Gasteiger partial charge in [-0.15, -0.1) is 0 Å². The van der Waals surface area contributed by atoms with E-state index in [9.17, 15) is 4.79 Å². The monoisotopic (exact) mass is 254 g/mol. The van der Waals surface area contributed by atoms with E-state index < -0.39 is 0 Å². The summed E-state index contributed by atoms with van der Waals surface area (Å²) in [6, 6.07) is 10.2. The first-order valence-corrected chi connectivity index (χ1v) is 5.44. The highest BCUT2D eigenvalue weighted by molar-refractivity contribution is 6.30. The van der Waals surface area contributed by atoms with Crippen LogP contribution < -0.4 is 0 Å². The lowest BCUT2D eigenvalue weighted by atomic mass is 10.1. The van der Waals surface area contributed by atoms with Gasteiger partial charge in [0.15, 0.2) is 11.0 Å². The van der Waals surface area contributed by atoms with Gasteiger partial charge in [0.05, 0.1) is 0 Å². The minimum Gasteiger partial charge on any atom is -0.442 e. The fourth-order valence-corrected chi connectivity index (χ4v) is 1.61. The van der Waals surface area contributed by atoms with Crippen LogP contribution in [0.15, 0.2) is 40.8 Å². The zero-order chi connectivity index (χ0) is 11.5. The maximum atomic E-state index is 11.7. The molecule has 0 unspecified atom stereocenters. The smallest absolute Gasteiger partial charge is 0.202 e. The van der Waals surface area contributed by atoms with Gasteiger partial charge in [-0.2, -0.15) is 0 Å². The highest BCUT2D eigenvalue weighted by Gasteiger charge is 2.11. The summed E-state index contributed by atoms with van der Waals surface area (Å²) in [5, 5.41) is 0.872. The summed E-state index contributed by atoms with van der Waals surface area (Å²) in [6.45, 7) is 0. The first kappa shape index (κ1) is 11.2. The average molecular weight is 255 g/mol. The second-order valence-corrected chi connectivity index (χ2v) is 4.14. The number of rotatable bonds is 3. The van der Waals surface area contributed by atoms with E-state index in [-0.39, 0.29) is 23.2 Å². The number of benzene rings is 1. The SMILES string of the molecule is O=C(Cc1ccc(Cl)cc1)c1ccc(Cl)o1. The Hall–Kier alpha value is -1.25. The first-order valence-electron chi connectivity index (χ1n) is 4.68. The van der Waals surface area contributed by atoms with Crippen LogP contribution in [0.1, 0.15) is 16.1 Å². The molecular weight excluding hydrogens is 247 g/mol. The van der Waals surface area contributed by atoms with Crippen molar-refractivity contribution < 1.29 is 9.21 Å². The third-order valence-electron chi connectivity index (χ3n) is 2.13. The van der Waals surface area contributed by atoms with Gasteiger partial charge in [-0.3, -0.25) is 4.79 Å². The van der Waals surface area contributed by atoms with Crippen LogP contribution in [0.3, 0.4) is 0 Å². The molecule has 0 aliphatic carbocycles. The molecule has 2 aromatic rings. The number of ketones is 1. The van der Waals surface area contributed by atoms with Crippen molar-refractivity contribution in [1.82, 2.24) is 0 Å². The Morgan fingerprint density at radius 3 is 2.31 bits per heavy atom. The second-order valence-electron chi connectivity index (χ2n) is 3.33. The molecule has 0 spiro atoms. The third kappa shape index (κ3) is 2.65. The highest BCUT2D eigenvalue weighted by atomic mass is 35.5. The molecule has 1 aromatic heterocycles. The number of hydrogen-bond donors (Lipinski definition) is 0. The Morgan fingerprint density at radius 1 is 1.06 bits per heavy atom. The van der Waals surface area contributed by atoms with Crippen molar-refractivity contribution in [3.05, 3.63) is 58.0 Å². The van der Waals surface area contributed by atoms with Gasteiger partial charge in [-0.25, -0.2) is 0 Å². The number of carbonyl (C=O) groups excluding carboxylic acids is 1. The van der Waals surface area contributed by atoms with Gasteiger partial charge < -0.3 is 4.42 Å². The molecule has 4 heteroatoms. The molecular formula is C12H8Cl2O2. The molecule has 0 fully saturated rings. The quantitative estimate of drug-likeness (QED) is 0.775. The first-order chi connectivity index (χ1) is 7.65. The minimum atomic E-state index is -0.103. The van der Waals surface area contributed by atoms with Crippen LogP contribution in [0.25, 0.3) is 0 Å². The van der Waals surface area contributed by atoms with E-state index >= 15 is 0 Å². The molecule has 0 saturated carbocycles. The maximum Gasteiger partial charge on any atom is 0.202 e. The van der Waals surface area contributed by atoms with Crippen LogP contribution in [0.4, 0.5) is 0 Å². The molecule has 2 rings (SSSR count). The van der Waals surface area contributed by atoms with E-state index in [4.69, 9.17) is 27.6 Å². The van der Waals surface area contributed by atoms with E-state index in [1.807, 2.05) is 12.1 Å². The second kappa shape index (κ2) is 4.73. The summed E-state index contributed by atoms with van der Waals surface area (Å²) in [7, 11) is 0. The fourth-order valence-electron chi connectivity index (χ4n) is 1.34. The molecule has 0 saturated heterocycles. The topological polar surface area (TPSA) is 30.2 Å². The summed E-state index contributed by atoms with van der Waals surface area (Å²) < 4.78 is 5.03. The van der Waals surface area contributed by atoms with Gasteiger partial charge in [0.1, 0.15) is 0 Å². The van der Waals surface area contributed by atoms with Crippen molar-refractivity contribution in [2.75, 3.05) is 0 Å². The zero-order valence-corrected chi connectivity index (χ0v) is 9.76. The Bertz CT molecular complexity index is 500. The van der Waals surface area contributed by atoms with Crippen LogP contribution in [0.5, 0.6) is 0 Å². The summed E-state index contributed by atoms with van der Waals surface area (Å²) in [6.07, 6.45) is 0.279. The molecule has 1 aromatic carbocycles. The number of hydrogen-bond acceptors (Lipinski definition) is 2. The van der Waals surface area contributed by atoms with Crippen molar-refractivity contribution in [1.29, 1.82) is 0 Å². The largest absolute Gasteiger partial charge is 0.442 e. The molecule has 0 aliphatic heterocycles. The van der Waals surface area contributed by atoms with Crippen LogP contribution in [-0.4, -0.2) is 5.78 Å². The van der Waals surface area contributed by atoms with E-state index in [1.54, 1.807) is 24.3 Å². The van der Waals surface area contributed by atoms with Crippen LogP contribution in [0.2, 0.25) is 10.2 Å². The van der Waals surface area contributed by atoms with Gasteiger partial charge in [0, 0.05) is 11.4 Å². The molecule has 82 valence electrons. The van der Waals surface area contributed by atoms with E-state index in [0.717, 1.165) is 5.56 Å². The Labute approximate surface area is 103 Å². The lowest BCUT2D eigenvalue weighted by molar-refractivity contribution is 0.0966. The number of furan rings is 1. The van der Waals surface area contributed by atoms with Gasteiger partial charge >= 0.3 is 0 Å². The Morgan fingerprint density at radius 2 is 1.75 bits per heavy atom. The predicted octanol–water partition coefficient (Wildman–Crippen LogP) is 4.01. The molecule has 2 nitrogen and oxygen atoms in total.